The molecule has 0 aliphatic heterocycles. The predicted octanol–water partition coefficient (Wildman–Crippen LogP) is 8.40. The van der Waals surface area contributed by atoms with Crippen molar-refractivity contribution in [1.29, 1.82) is 0 Å². The fourth-order valence-electron chi connectivity index (χ4n) is 4.32. The van der Waals surface area contributed by atoms with Crippen LogP contribution in [0, 0.1) is 0 Å². The third-order valence-corrected chi connectivity index (χ3v) is 6.61. The standard InChI is InChI=1S/C31H59NO4/c1-5-8-11-14-15-18-21-27-35-30(33)25-22-26-32(4)28-31(34)36-29(23-19-16-12-9-6-2)24-20-17-13-10-7-3/h18,21,29H,5-17,19-20,22-28H2,1-4H3/b21-18-. The number of likely N-dealkylation sites (N-methyl/N-ethyl adjacent to an activating group) is 1. The number of allylic oxidation sites excluding steroid dienone is 1. The highest BCUT2D eigenvalue weighted by molar-refractivity contribution is 5.72. The van der Waals surface area contributed by atoms with E-state index in [0.29, 0.717) is 26.0 Å². The highest BCUT2D eigenvalue weighted by Gasteiger charge is 2.16. The van der Waals surface area contributed by atoms with Crippen LogP contribution in [0.2, 0.25) is 0 Å². The average Bonchev–Trinajstić information content (AvgIpc) is 2.85. The van der Waals surface area contributed by atoms with Gasteiger partial charge in [-0.05, 0) is 58.5 Å². The molecule has 0 fully saturated rings. The normalized spacial score (nSPS) is 11.6. The minimum absolute atomic E-state index is 0.0452. The highest BCUT2D eigenvalue weighted by atomic mass is 16.5. The topological polar surface area (TPSA) is 55.8 Å². The lowest BCUT2D eigenvalue weighted by atomic mass is 10.0. The number of hydrogen-bond donors (Lipinski definition) is 0. The minimum atomic E-state index is -0.173. The zero-order valence-corrected chi connectivity index (χ0v) is 24.4. The summed E-state index contributed by atoms with van der Waals surface area (Å²) in [6, 6.07) is 0. The molecule has 5 nitrogen and oxygen atoms in total. The maximum Gasteiger partial charge on any atom is 0.320 e. The Kier molecular flexibility index (Phi) is 25.7. The van der Waals surface area contributed by atoms with E-state index in [9.17, 15) is 9.59 Å². The lowest BCUT2D eigenvalue weighted by Gasteiger charge is -2.21. The van der Waals surface area contributed by atoms with E-state index >= 15 is 0 Å². The van der Waals surface area contributed by atoms with Gasteiger partial charge in [-0.15, -0.1) is 0 Å². The van der Waals surface area contributed by atoms with Crippen LogP contribution in [0.4, 0.5) is 0 Å². The van der Waals surface area contributed by atoms with Crippen molar-refractivity contribution in [3.63, 3.8) is 0 Å². The summed E-state index contributed by atoms with van der Waals surface area (Å²) >= 11 is 0. The van der Waals surface area contributed by atoms with Crippen molar-refractivity contribution >= 4 is 11.9 Å². The van der Waals surface area contributed by atoms with Gasteiger partial charge in [0.25, 0.3) is 0 Å². The molecule has 0 aromatic rings. The van der Waals surface area contributed by atoms with Crippen LogP contribution in [-0.2, 0) is 19.1 Å². The summed E-state index contributed by atoms with van der Waals surface area (Å²) in [6.07, 6.45) is 25.5. The van der Waals surface area contributed by atoms with Crippen LogP contribution in [0.5, 0.6) is 0 Å². The van der Waals surface area contributed by atoms with E-state index in [2.05, 4.69) is 26.8 Å². The largest absolute Gasteiger partial charge is 0.461 e. The Morgan fingerprint density at radius 2 is 1.25 bits per heavy atom. The number of unbranched alkanes of at least 4 members (excludes halogenated alkanes) is 12. The van der Waals surface area contributed by atoms with E-state index in [0.717, 1.165) is 32.1 Å². The van der Waals surface area contributed by atoms with Gasteiger partial charge in [-0.25, -0.2) is 0 Å². The van der Waals surface area contributed by atoms with Crippen LogP contribution in [-0.4, -0.2) is 49.7 Å². The molecule has 0 spiro atoms. The van der Waals surface area contributed by atoms with Crippen LogP contribution in [0.1, 0.15) is 143 Å². The maximum absolute atomic E-state index is 12.6. The van der Waals surface area contributed by atoms with Gasteiger partial charge in [0.05, 0.1) is 6.54 Å². The molecule has 0 saturated heterocycles. The zero-order valence-electron chi connectivity index (χ0n) is 24.4. The van der Waals surface area contributed by atoms with Crippen LogP contribution < -0.4 is 0 Å². The quantitative estimate of drug-likeness (QED) is 0.0665. The Morgan fingerprint density at radius 1 is 0.694 bits per heavy atom. The molecule has 0 amide bonds. The van der Waals surface area contributed by atoms with Gasteiger partial charge in [0.15, 0.2) is 0 Å². The Bertz CT molecular complexity index is 521. The third kappa shape index (κ3) is 24.3. The molecule has 0 aliphatic rings. The van der Waals surface area contributed by atoms with Gasteiger partial charge in [-0.2, -0.15) is 0 Å². The number of carbonyl (C=O) groups is 2. The van der Waals surface area contributed by atoms with Crippen molar-refractivity contribution in [2.75, 3.05) is 26.7 Å². The summed E-state index contributed by atoms with van der Waals surface area (Å²) in [4.78, 5) is 26.4. The second-order valence-electron chi connectivity index (χ2n) is 10.4. The molecule has 36 heavy (non-hydrogen) atoms. The number of nitrogens with zero attached hydrogens (tertiary/aromatic N) is 1. The van der Waals surface area contributed by atoms with Crippen molar-refractivity contribution in [3.05, 3.63) is 12.2 Å². The molecule has 0 saturated carbocycles. The van der Waals surface area contributed by atoms with Gasteiger partial charge in [-0.1, -0.05) is 104 Å². The number of ether oxygens (including phenoxy) is 2. The molecule has 0 aromatic carbocycles. The lowest BCUT2D eigenvalue weighted by Crippen LogP contribution is -2.31. The molecule has 0 N–H and O–H groups in total. The van der Waals surface area contributed by atoms with Crippen LogP contribution in [0.15, 0.2) is 12.2 Å². The predicted molar refractivity (Wildman–Crippen MR) is 152 cm³/mol. The summed E-state index contributed by atoms with van der Waals surface area (Å²) in [5, 5.41) is 0. The fourth-order valence-corrected chi connectivity index (χ4v) is 4.32. The number of hydrogen-bond acceptors (Lipinski definition) is 5. The summed E-state index contributed by atoms with van der Waals surface area (Å²) < 4.78 is 11.2. The second kappa shape index (κ2) is 26.7. The first-order chi connectivity index (χ1) is 17.5. The SMILES string of the molecule is CCCCCC/C=C\COC(=O)CCCN(C)CC(=O)OC(CCCCCCC)CCCCCCC. The van der Waals surface area contributed by atoms with E-state index in [4.69, 9.17) is 9.47 Å². The molecule has 0 aliphatic carbocycles. The fraction of sp³-hybridized carbons (Fsp3) is 0.871. The van der Waals surface area contributed by atoms with Gasteiger partial charge >= 0.3 is 11.9 Å². The Balaban J connectivity index is 4.10. The molecule has 212 valence electrons. The molecule has 5 heteroatoms. The summed E-state index contributed by atoms with van der Waals surface area (Å²) in [5.41, 5.74) is 0. The first-order valence-corrected chi connectivity index (χ1v) is 15.2. The molecule has 0 unspecified atom stereocenters. The molecular formula is C31H59NO4. The van der Waals surface area contributed by atoms with E-state index in [1.807, 2.05) is 18.0 Å². The van der Waals surface area contributed by atoms with Crippen molar-refractivity contribution in [1.82, 2.24) is 4.90 Å². The van der Waals surface area contributed by atoms with Crippen molar-refractivity contribution in [3.8, 4) is 0 Å². The molecule has 0 atom stereocenters. The summed E-state index contributed by atoms with van der Waals surface area (Å²) in [5.74, 6) is -0.316. The average molecular weight is 510 g/mol. The first kappa shape index (κ1) is 34.6. The van der Waals surface area contributed by atoms with Gasteiger partial charge in [0.1, 0.15) is 12.7 Å². The monoisotopic (exact) mass is 509 g/mol. The Labute approximate surface area is 223 Å². The molecule has 0 aromatic heterocycles. The molecule has 0 bridgehead atoms. The number of rotatable bonds is 26. The summed E-state index contributed by atoms with van der Waals surface area (Å²) in [6.45, 7) is 7.98. The zero-order chi connectivity index (χ0) is 26.7. The highest BCUT2D eigenvalue weighted by Crippen LogP contribution is 2.16. The first-order valence-electron chi connectivity index (χ1n) is 15.2. The molecule has 0 rings (SSSR count). The Morgan fingerprint density at radius 3 is 1.83 bits per heavy atom. The molecular weight excluding hydrogens is 450 g/mol. The smallest absolute Gasteiger partial charge is 0.320 e. The van der Waals surface area contributed by atoms with Crippen LogP contribution in [0.3, 0.4) is 0 Å². The third-order valence-electron chi connectivity index (χ3n) is 6.61. The van der Waals surface area contributed by atoms with Gasteiger partial charge in [0, 0.05) is 6.42 Å². The lowest BCUT2D eigenvalue weighted by molar-refractivity contribution is -0.150. The summed E-state index contributed by atoms with van der Waals surface area (Å²) in [7, 11) is 1.92. The second-order valence-corrected chi connectivity index (χ2v) is 10.4. The number of esters is 2. The van der Waals surface area contributed by atoms with Crippen molar-refractivity contribution < 1.29 is 19.1 Å². The molecule has 0 radical (unpaired) electrons. The molecule has 0 heterocycles. The van der Waals surface area contributed by atoms with E-state index in [-0.39, 0.29) is 24.6 Å². The van der Waals surface area contributed by atoms with E-state index < -0.39 is 0 Å². The van der Waals surface area contributed by atoms with Crippen LogP contribution >= 0.6 is 0 Å². The Hall–Kier alpha value is -1.36. The maximum atomic E-state index is 12.6. The van der Waals surface area contributed by atoms with Gasteiger partial charge in [-0.3, -0.25) is 14.5 Å². The van der Waals surface area contributed by atoms with E-state index in [1.165, 1.54) is 77.0 Å². The minimum Gasteiger partial charge on any atom is -0.461 e. The van der Waals surface area contributed by atoms with Gasteiger partial charge in [0.2, 0.25) is 0 Å². The van der Waals surface area contributed by atoms with Gasteiger partial charge < -0.3 is 9.47 Å². The van der Waals surface area contributed by atoms with Crippen LogP contribution in [0.25, 0.3) is 0 Å². The number of carbonyl (C=O) groups excluding carboxylic acids is 2. The van der Waals surface area contributed by atoms with E-state index in [1.54, 1.807) is 0 Å². The van der Waals surface area contributed by atoms with Crippen molar-refractivity contribution in [2.24, 2.45) is 0 Å². The van der Waals surface area contributed by atoms with Crippen molar-refractivity contribution in [2.45, 2.75) is 149 Å².